The number of hydrazone groups is 1. The molecule has 0 N–H and O–H groups in total. The first kappa shape index (κ1) is 21.8. The van der Waals surface area contributed by atoms with E-state index in [4.69, 9.17) is 16.3 Å². The van der Waals surface area contributed by atoms with Crippen LogP contribution < -0.4 is 0 Å². The highest BCUT2D eigenvalue weighted by atomic mass is 35.5. The van der Waals surface area contributed by atoms with Crippen LogP contribution in [0.3, 0.4) is 0 Å². The third kappa shape index (κ3) is 4.54. The van der Waals surface area contributed by atoms with E-state index in [9.17, 15) is 9.59 Å². The lowest BCUT2D eigenvalue weighted by Crippen LogP contribution is -2.31. The Morgan fingerprint density at radius 3 is 2.47 bits per heavy atom. The zero-order valence-corrected chi connectivity index (χ0v) is 18.9. The first-order valence-electron chi connectivity index (χ1n) is 10.8. The first-order chi connectivity index (χ1) is 16.6. The van der Waals surface area contributed by atoms with Gasteiger partial charge >= 0.3 is 5.97 Å². The summed E-state index contributed by atoms with van der Waals surface area (Å²) in [4.78, 5) is 29.3. The van der Waals surface area contributed by atoms with Crippen LogP contribution in [0.25, 0.3) is 10.8 Å². The van der Waals surface area contributed by atoms with Gasteiger partial charge in [0.2, 0.25) is 0 Å². The second-order valence-corrected chi connectivity index (χ2v) is 8.31. The van der Waals surface area contributed by atoms with E-state index in [1.54, 1.807) is 0 Å². The van der Waals surface area contributed by atoms with Gasteiger partial charge in [-0.15, -0.1) is 0 Å². The van der Waals surface area contributed by atoms with Crippen molar-refractivity contribution in [2.75, 3.05) is 6.61 Å². The average Bonchev–Trinajstić information content (AvgIpc) is 3.33. The number of ether oxygens (including phenoxy) is 1. The number of esters is 1. The molecule has 0 spiro atoms. The number of rotatable bonds is 5. The van der Waals surface area contributed by atoms with Gasteiger partial charge in [0.25, 0.3) is 5.91 Å². The van der Waals surface area contributed by atoms with E-state index in [-0.39, 0.29) is 16.8 Å². The Morgan fingerprint density at radius 2 is 1.71 bits per heavy atom. The molecule has 168 valence electrons. The molecule has 1 aliphatic rings. The molecule has 0 aliphatic carbocycles. The van der Waals surface area contributed by atoms with Crippen molar-refractivity contribution in [1.82, 2.24) is 9.99 Å². The minimum absolute atomic E-state index is 0.221. The van der Waals surface area contributed by atoms with Gasteiger partial charge < -0.3 is 4.74 Å². The molecule has 0 saturated carbocycles. The highest BCUT2D eigenvalue weighted by molar-refractivity contribution is 6.29. The van der Waals surface area contributed by atoms with Crippen molar-refractivity contribution in [2.24, 2.45) is 5.10 Å². The number of halogens is 1. The second kappa shape index (κ2) is 9.45. The highest BCUT2D eigenvalue weighted by Crippen LogP contribution is 2.33. The lowest BCUT2D eigenvalue weighted by atomic mass is 9.97. The Bertz CT molecular complexity index is 1390. The predicted molar refractivity (Wildman–Crippen MR) is 131 cm³/mol. The molecule has 6 nitrogen and oxygen atoms in total. The fourth-order valence-electron chi connectivity index (χ4n) is 3.99. The molecule has 4 aromatic rings. The Labute approximate surface area is 201 Å². The molecule has 0 saturated heterocycles. The van der Waals surface area contributed by atoms with Crippen molar-refractivity contribution in [3.8, 4) is 0 Å². The fourth-order valence-corrected chi connectivity index (χ4v) is 4.10. The van der Waals surface area contributed by atoms with Crippen LogP contribution >= 0.6 is 11.6 Å². The molecule has 7 heteroatoms. The van der Waals surface area contributed by atoms with Crippen LogP contribution in [0.1, 0.15) is 33.9 Å². The SMILES string of the molecule is O=C(OCC(=O)N1N=C(c2ccc3ccccc3c2)CC1c1ccccc1)c1ccc(Cl)nc1. The Morgan fingerprint density at radius 1 is 0.941 bits per heavy atom. The number of carbonyl (C=O) groups is 2. The number of benzene rings is 3. The number of nitrogens with zero attached hydrogens (tertiary/aromatic N) is 3. The molecule has 0 bridgehead atoms. The number of amides is 1. The molecule has 1 amide bonds. The van der Waals surface area contributed by atoms with E-state index in [1.165, 1.54) is 23.3 Å². The standard InChI is InChI=1S/C27H20ClN3O3/c28-25-13-12-22(16-29-25)27(33)34-17-26(32)31-24(19-7-2-1-3-8-19)15-23(30-31)21-11-10-18-6-4-5-9-20(18)14-21/h1-14,16,24H,15,17H2. The zero-order valence-electron chi connectivity index (χ0n) is 18.1. The van der Waals surface area contributed by atoms with Crippen LogP contribution in [0, 0.1) is 0 Å². The lowest BCUT2D eigenvalue weighted by molar-refractivity contribution is -0.136. The van der Waals surface area contributed by atoms with Crippen LogP contribution in [-0.4, -0.2) is 34.2 Å². The summed E-state index contributed by atoms with van der Waals surface area (Å²) in [7, 11) is 0. The summed E-state index contributed by atoms with van der Waals surface area (Å²) in [5, 5.41) is 8.60. The molecule has 3 aromatic carbocycles. The first-order valence-corrected chi connectivity index (χ1v) is 11.2. The molecular formula is C27H20ClN3O3. The van der Waals surface area contributed by atoms with Crippen LogP contribution in [0.4, 0.5) is 0 Å². The number of hydrogen-bond acceptors (Lipinski definition) is 5. The van der Waals surface area contributed by atoms with Gasteiger partial charge in [-0.2, -0.15) is 5.10 Å². The third-order valence-corrected chi connectivity index (χ3v) is 5.95. The molecule has 1 unspecified atom stereocenters. The monoisotopic (exact) mass is 469 g/mol. The maximum atomic E-state index is 13.1. The Hall–Kier alpha value is -4.03. The smallest absolute Gasteiger partial charge is 0.340 e. The van der Waals surface area contributed by atoms with E-state index in [2.05, 4.69) is 34.4 Å². The molecule has 34 heavy (non-hydrogen) atoms. The van der Waals surface area contributed by atoms with E-state index in [0.717, 1.165) is 27.6 Å². The van der Waals surface area contributed by atoms with Gasteiger partial charge in [-0.05, 0) is 40.1 Å². The topological polar surface area (TPSA) is 71.9 Å². The van der Waals surface area contributed by atoms with Crippen LogP contribution in [-0.2, 0) is 9.53 Å². The van der Waals surface area contributed by atoms with Gasteiger partial charge in [0.15, 0.2) is 6.61 Å². The summed E-state index contributed by atoms with van der Waals surface area (Å²) < 4.78 is 5.24. The zero-order chi connectivity index (χ0) is 23.5. The molecule has 0 fully saturated rings. The van der Waals surface area contributed by atoms with Gasteiger partial charge in [0.05, 0.1) is 17.3 Å². The summed E-state index contributed by atoms with van der Waals surface area (Å²) in [6, 6.07) is 26.7. The van der Waals surface area contributed by atoms with Gasteiger partial charge in [-0.3, -0.25) is 4.79 Å². The molecule has 1 aliphatic heterocycles. The Kier molecular flexibility index (Phi) is 6.06. The summed E-state index contributed by atoms with van der Waals surface area (Å²) in [5.74, 6) is -1.05. The van der Waals surface area contributed by atoms with Crippen molar-refractivity contribution in [2.45, 2.75) is 12.5 Å². The molecule has 5 rings (SSSR count). The number of fused-ring (bicyclic) bond motifs is 1. The van der Waals surface area contributed by atoms with E-state index >= 15 is 0 Å². The molecule has 1 aromatic heterocycles. The van der Waals surface area contributed by atoms with Crippen molar-refractivity contribution in [3.05, 3.63) is 113 Å². The molecule has 0 radical (unpaired) electrons. The summed E-state index contributed by atoms with van der Waals surface area (Å²) >= 11 is 5.76. The average molecular weight is 470 g/mol. The van der Waals surface area contributed by atoms with Crippen molar-refractivity contribution < 1.29 is 14.3 Å². The molecule has 2 heterocycles. The molecule has 1 atom stereocenters. The van der Waals surface area contributed by atoms with Crippen LogP contribution in [0.5, 0.6) is 0 Å². The quantitative estimate of drug-likeness (QED) is 0.289. The normalized spacial score (nSPS) is 15.3. The predicted octanol–water partition coefficient (Wildman–Crippen LogP) is 5.42. The number of hydrogen-bond donors (Lipinski definition) is 0. The fraction of sp³-hybridized carbons (Fsp3) is 0.111. The van der Waals surface area contributed by atoms with E-state index in [1.807, 2.05) is 48.5 Å². The minimum atomic E-state index is -0.647. The third-order valence-electron chi connectivity index (χ3n) is 5.72. The number of pyridine rings is 1. The number of carbonyl (C=O) groups excluding carboxylic acids is 2. The minimum Gasteiger partial charge on any atom is -0.452 e. The van der Waals surface area contributed by atoms with Gasteiger partial charge in [-0.25, -0.2) is 14.8 Å². The summed E-state index contributed by atoms with van der Waals surface area (Å²) in [6.45, 7) is -0.431. The highest BCUT2D eigenvalue weighted by Gasteiger charge is 2.33. The lowest BCUT2D eigenvalue weighted by Gasteiger charge is -2.21. The van der Waals surface area contributed by atoms with Crippen molar-refractivity contribution >= 4 is 40.0 Å². The maximum Gasteiger partial charge on any atom is 0.340 e. The molecular weight excluding hydrogens is 450 g/mol. The van der Waals surface area contributed by atoms with Crippen LogP contribution in [0.2, 0.25) is 5.15 Å². The number of aromatic nitrogens is 1. The van der Waals surface area contributed by atoms with Gasteiger partial charge in [-0.1, -0.05) is 78.3 Å². The van der Waals surface area contributed by atoms with Crippen LogP contribution in [0.15, 0.2) is 96.2 Å². The van der Waals surface area contributed by atoms with E-state index in [0.29, 0.717) is 6.42 Å². The summed E-state index contributed by atoms with van der Waals surface area (Å²) in [6.07, 6.45) is 1.87. The Balaban J connectivity index is 1.39. The van der Waals surface area contributed by atoms with E-state index < -0.39 is 18.5 Å². The largest absolute Gasteiger partial charge is 0.452 e. The van der Waals surface area contributed by atoms with Gasteiger partial charge in [0.1, 0.15) is 5.15 Å². The summed E-state index contributed by atoms with van der Waals surface area (Å²) in [5.41, 5.74) is 2.95. The van der Waals surface area contributed by atoms with Crippen molar-refractivity contribution in [1.29, 1.82) is 0 Å². The second-order valence-electron chi connectivity index (χ2n) is 7.92. The van der Waals surface area contributed by atoms with Gasteiger partial charge in [0, 0.05) is 12.6 Å². The van der Waals surface area contributed by atoms with Crippen molar-refractivity contribution in [3.63, 3.8) is 0 Å². The maximum absolute atomic E-state index is 13.1.